The minimum absolute atomic E-state index is 0.000897. The molecule has 2 aromatic heterocycles. The first-order valence-electron chi connectivity index (χ1n) is 8.38. The summed E-state index contributed by atoms with van der Waals surface area (Å²) in [5, 5.41) is 4.37. The number of thiophene rings is 1. The van der Waals surface area contributed by atoms with Crippen molar-refractivity contribution in [3.8, 4) is 0 Å². The van der Waals surface area contributed by atoms with Gasteiger partial charge < -0.3 is 10.3 Å². The molecular formula is C19H21N3OS. The molecule has 0 aliphatic heterocycles. The number of hydrogen-bond acceptors (Lipinski definition) is 4. The first-order valence-corrected chi connectivity index (χ1v) is 9.20. The molecule has 124 valence electrons. The van der Waals surface area contributed by atoms with Crippen LogP contribution in [0.5, 0.6) is 0 Å². The van der Waals surface area contributed by atoms with Crippen LogP contribution in [0.25, 0.3) is 10.2 Å². The molecule has 0 bridgehead atoms. The SMILES string of the molecule is Cc1sc2nc([C@H](C)N[C@H]3CCc4ccccc43)[nH]c(=O)c2c1C. The number of nitrogens with zero attached hydrogens (tertiary/aromatic N) is 1. The van der Waals surface area contributed by atoms with E-state index in [9.17, 15) is 4.79 Å². The zero-order chi connectivity index (χ0) is 16.8. The standard InChI is InChI=1S/C19H21N3OS/c1-10-12(3)24-19-16(10)18(23)21-17(22-19)11(2)20-15-9-8-13-6-4-5-7-14(13)15/h4-7,11,15,20H,8-9H2,1-3H3,(H,21,22,23)/t11-,15-/m0/s1. The highest BCUT2D eigenvalue weighted by molar-refractivity contribution is 7.18. The Hall–Kier alpha value is -1.98. The van der Waals surface area contributed by atoms with Crippen molar-refractivity contribution in [3.05, 3.63) is 62.0 Å². The van der Waals surface area contributed by atoms with E-state index in [-0.39, 0.29) is 11.6 Å². The molecule has 0 radical (unpaired) electrons. The Morgan fingerprint density at radius 2 is 2.12 bits per heavy atom. The van der Waals surface area contributed by atoms with E-state index in [1.807, 2.05) is 13.8 Å². The minimum atomic E-state index is -0.0303. The van der Waals surface area contributed by atoms with Crippen LogP contribution in [0.3, 0.4) is 0 Å². The first kappa shape index (κ1) is 15.5. The molecule has 2 heterocycles. The lowest BCUT2D eigenvalue weighted by Gasteiger charge is -2.19. The second kappa shape index (κ2) is 5.83. The summed E-state index contributed by atoms with van der Waals surface area (Å²) >= 11 is 1.60. The van der Waals surface area contributed by atoms with Crippen LogP contribution in [-0.4, -0.2) is 9.97 Å². The maximum absolute atomic E-state index is 12.5. The molecule has 1 aliphatic carbocycles. The molecule has 2 atom stereocenters. The van der Waals surface area contributed by atoms with Gasteiger partial charge in [0, 0.05) is 10.9 Å². The fraction of sp³-hybridized carbons (Fsp3) is 0.368. The predicted molar refractivity (Wildman–Crippen MR) is 98.8 cm³/mol. The molecule has 5 heteroatoms. The summed E-state index contributed by atoms with van der Waals surface area (Å²) in [6.45, 7) is 6.10. The van der Waals surface area contributed by atoms with E-state index in [0.29, 0.717) is 6.04 Å². The molecule has 1 aliphatic rings. The Morgan fingerprint density at radius 1 is 1.33 bits per heavy atom. The van der Waals surface area contributed by atoms with Crippen molar-refractivity contribution < 1.29 is 0 Å². The fourth-order valence-electron chi connectivity index (χ4n) is 3.59. The Morgan fingerprint density at radius 3 is 2.96 bits per heavy atom. The number of hydrogen-bond donors (Lipinski definition) is 2. The first-order chi connectivity index (χ1) is 11.5. The normalized spacial score (nSPS) is 18.0. The van der Waals surface area contributed by atoms with Gasteiger partial charge in [0.25, 0.3) is 5.56 Å². The number of nitrogens with one attached hydrogen (secondary N) is 2. The van der Waals surface area contributed by atoms with Crippen LogP contribution in [0.2, 0.25) is 0 Å². The number of rotatable bonds is 3. The Labute approximate surface area is 145 Å². The molecular weight excluding hydrogens is 318 g/mol. The van der Waals surface area contributed by atoms with Gasteiger partial charge in [0.15, 0.2) is 0 Å². The summed E-state index contributed by atoms with van der Waals surface area (Å²) in [4.78, 5) is 22.1. The van der Waals surface area contributed by atoms with Gasteiger partial charge in [-0.25, -0.2) is 4.98 Å². The van der Waals surface area contributed by atoms with Crippen LogP contribution < -0.4 is 10.9 Å². The van der Waals surface area contributed by atoms with Crippen molar-refractivity contribution in [2.75, 3.05) is 0 Å². The average Bonchev–Trinajstić information content (AvgIpc) is 3.09. The average molecular weight is 339 g/mol. The molecule has 0 unspecified atom stereocenters. The molecule has 0 saturated carbocycles. The van der Waals surface area contributed by atoms with E-state index in [0.717, 1.165) is 39.3 Å². The van der Waals surface area contributed by atoms with Crippen molar-refractivity contribution in [3.63, 3.8) is 0 Å². The molecule has 4 nitrogen and oxygen atoms in total. The third-order valence-electron chi connectivity index (χ3n) is 5.05. The minimum Gasteiger partial charge on any atom is -0.309 e. The topological polar surface area (TPSA) is 57.8 Å². The van der Waals surface area contributed by atoms with Gasteiger partial charge in [0.2, 0.25) is 0 Å². The van der Waals surface area contributed by atoms with E-state index in [1.165, 1.54) is 11.1 Å². The third-order valence-corrected chi connectivity index (χ3v) is 6.15. The molecule has 0 saturated heterocycles. The van der Waals surface area contributed by atoms with Crippen LogP contribution >= 0.6 is 11.3 Å². The predicted octanol–water partition coefficient (Wildman–Crippen LogP) is 3.94. The highest BCUT2D eigenvalue weighted by Crippen LogP contribution is 2.33. The monoisotopic (exact) mass is 339 g/mol. The molecule has 4 rings (SSSR count). The molecule has 3 aromatic rings. The number of aromatic amines is 1. The van der Waals surface area contributed by atoms with Gasteiger partial charge in [-0.15, -0.1) is 11.3 Å². The summed E-state index contributed by atoms with van der Waals surface area (Å²) in [5.41, 5.74) is 3.80. The lowest BCUT2D eigenvalue weighted by Crippen LogP contribution is -2.26. The Bertz CT molecular complexity index is 972. The second-order valence-corrected chi connectivity index (χ2v) is 7.80. The number of fused-ring (bicyclic) bond motifs is 2. The van der Waals surface area contributed by atoms with E-state index in [4.69, 9.17) is 4.98 Å². The van der Waals surface area contributed by atoms with Crippen molar-refractivity contribution >= 4 is 21.6 Å². The van der Waals surface area contributed by atoms with E-state index < -0.39 is 0 Å². The van der Waals surface area contributed by atoms with Crippen LogP contribution in [0.1, 0.15) is 52.8 Å². The maximum atomic E-state index is 12.5. The highest BCUT2D eigenvalue weighted by Gasteiger charge is 2.24. The fourth-order valence-corrected chi connectivity index (χ4v) is 4.62. The third kappa shape index (κ3) is 2.48. The Balaban J connectivity index is 1.65. The van der Waals surface area contributed by atoms with Gasteiger partial charge >= 0.3 is 0 Å². The van der Waals surface area contributed by atoms with Crippen molar-refractivity contribution in [2.24, 2.45) is 0 Å². The largest absolute Gasteiger partial charge is 0.309 e. The van der Waals surface area contributed by atoms with Gasteiger partial charge in [-0.1, -0.05) is 24.3 Å². The van der Waals surface area contributed by atoms with E-state index in [2.05, 4.69) is 41.5 Å². The van der Waals surface area contributed by atoms with Gasteiger partial charge in [0.05, 0.1) is 11.4 Å². The smallest absolute Gasteiger partial charge is 0.259 e. The Kier molecular flexibility index (Phi) is 3.77. The lowest BCUT2D eigenvalue weighted by atomic mass is 10.1. The molecule has 24 heavy (non-hydrogen) atoms. The van der Waals surface area contributed by atoms with E-state index in [1.54, 1.807) is 11.3 Å². The maximum Gasteiger partial charge on any atom is 0.259 e. The molecule has 0 fully saturated rings. The van der Waals surface area contributed by atoms with Crippen LogP contribution in [0.15, 0.2) is 29.1 Å². The zero-order valence-corrected chi connectivity index (χ0v) is 15.0. The van der Waals surface area contributed by atoms with Crippen molar-refractivity contribution in [1.29, 1.82) is 0 Å². The van der Waals surface area contributed by atoms with Crippen molar-refractivity contribution in [1.82, 2.24) is 15.3 Å². The number of benzene rings is 1. The molecule has 0 amide bonds. The highest BCUT2D eigenvalue weighted by atomic mass is 32.1. The summed E-state index contributed by atoms with van der Waals surface area (Å²) in [7, 11) is 0. The van der Waals surface area contributed by atoms with Crippen LogP contribution in [0.4, 0.5) is 0 Å². The van der Waals surface area contributed by atoms with Crippen LogP contribution in [0, 0.1) is 13.8 Å². The summed E-state index contributed by atoms with van der Waals surface area (Å²) in [6.07, 6.45) is 2.19. The quantitative estimate of drug-likeness (QED) is 0.760. The molecule has 0 spiro atoms. The van der Waals surface area contributed by atoms with Gasteiger partial charge in [-0.05, 0) is 50.3 Å². The number of H-pyrrole nitrogens is 1. The van der Waals surface area contributed by atoms with Crippen LogP contribution in [-0.2, 0) is 6.42 Å². The van der Waals surface area contributed by atoms with Gasteiger partial charge in [0.1, 0.15) is 10.7 Å². The van der Waals surface area contributed by atoms with Gasteiger partial charge in [-0.2, -0.15) is 0 Å². The number of aromatic nitrogens is 2. The summed E-state index contributed by atoms with van der Waals surface area (Å²) < 4.78 is 0. The zero-order valence-electron chi connectivity index (χ0n) is 14.1. The summed E-state index contributed by atoms with van der Waals surface area (Å²) in [5.74, 6) is 0.720. The molecule has 1 aromatic carbocycles. The second-order valence-electron chi connectivity index (χ2n) is 6.59. The molecule has 2 N–H and O–H groups in total. The summed E-state index contributed by atoms with van der Waals surface area (Å²) in [6, 6.07) is 8.90. The number of aryl methyl sites for hydroxylation is 3. The van der Waals surface area contributed by atoms with Crippen molar-refractivity contribution in [2.45, 2.75) is 45.7 Å². The van der Waals surface area contributed by atoms with Gasteiger partial charge in [-0.3, -0.25) is 4.79 Å². The van der Waals surface area contributed by atoms with E-state index >= 15 is 0 Å². The lowest BCUT2D eigenvalue weighted by molar-refractivity contribution is 0.450.